The first kappa shape index (κ1) is 22.3. The molecule has 4 aliphatic rings. The summed E-state index contributed by atoms with van der Waals surface area (Å²) in [5.74, 6) is 2.50. The molecule has 0 radical (unpaired) electrons. The van der Waals surface area contributed by atoms with Crippen LogP contribution in [-0.4, -0.2) is 48.2 Å². The summed E-state index contributed by atoms with van der Waals surface area (Å²) in [6.07, 6.45) is 7.81. The van der Waals surface area contributed by atoms with E-state index in [0.717, 1.165) is 36.7 Å². The summed E-state index contributed by atoms with van der Waals surface area (Å²) in [4.78, 5) is 12.1. The minimum absolute atomic E-state index is 0.183. The highest BCUT2D eigenvalue weighted by Gasteiger charge is 2.51. The molecule has 1 aromatic carbocycles. The quantitative estimate of drug-likeness (QED) is 0.640. The first-order valence-corrected chi connectivity index (χ1v) is 12.9. The number of hydrogen-bond acceptors (Lipinski definition) is 2. The van der Waals surface area contributed by atoms with Crippen LogP contribution in [0.4, 0.5) is 0 Å². The number of piperidine rings is 1. The minimum Gasteiger partial charge on any atom is -0.387 e. The van der Waals surface area contributed by atoms with Gasteiger partial charge in [0.25, 0.3) is 0 Å². The number of rotatable bonds is 2. The van der Waals surface area contributed by atoms with Gasteiger partial charge >= 0.3 is 0 Å². The molecule has 0 bridgehead atoms. The maximum Gasteiger partial charge on any atom is 0.155 e. The summed E-state index contributed by atoms with van der Waals surface area (Å²) in [6.45, 7) is 10.5. The maximum absolute atomic E-state index is 12.1. The molecule has 0 spiro atoms. The Morgan fingerprint density at radius 3 is 2.69 bits per heavy atom. The Morgan fingerprint density at radius 2 is 1.97 bits per heavy atom. The molecule has 1 saturated carbocycles. The Hall–Kier alpha value is -1.45. The van der Waals surface area contributed by atoms with E-state index >= 15 is 0 Å². The standard InChI is InChI=1S/C29H42NO2/c1-17-13-27(32)28(30(5,6)16-17)19(3)22-9-10-23-24-8-7-20-14-21(31)11-12-29(20,4)26(24)15-25(23)18(22)2/h9-10,14,17,19,24,26-28,32H,7-8,11-13,15-16H2,1-6H3/q+1/t17-,19-,24-,26-,27+,28-,29-/m0/s1. The van der Waals surface area contributed by atoms with Crippen LogP contribution in [0.5, 0.6) is 0 Å². The van der Waals surface area contributed by atoms with Crippen molar-refractivity contribution in [2.75, 3.05) is 20.6 Å². The summed E-state index contributed by atoms with van der Waals surface area (Å²) in [7, 11) is 4.60. The smallest absolute Gasteiger partial charge is 0.155 e. The van der Waals surface area contributed by atoms with Crippen LogP contribution >= 0.6 is 0 Å². The third kappa shape index (κ3) is 3.26. The molecule has 0 aromatic heterocycles. The Labute approximate surface area is 194 Å². The molecular weight excluding hydrogens is 394 g/mol. The lowest BCUT2D eigenvalue weighted by atomic mass is 9.57. The van der Waals surface area contributed by atoms with E-state index in [4.69, 9.17) is 0 Å². The van der Waals surface area contributed by atoms with Crippen molar-refractivity contribution >= 4 is 5.78 Å². The van der Waals surface area contributed by atoms with Gasteiger partial charge in [0.1, 0.15) is 12.1 Å². The number of nitrogens with zero attached hydrogens (tertiary/aromatic N) is 1. The highest BCUT2D eigenvalue weighted by molar-refractivity contribution is 5.91. The number of ketones is 1. The Balaban J connectivity index is 1.49. The van der Waals surface area contributed by atoms with Crippen LogP contribution in [0.1, 0.15) is 87.0 Å². The van der Waals surface area contributed by atoms with Gasteiger partial charge in [-0.3, -0.25) is 4.79 Å². The fourth-order valence-corrected chi connectivity index (χ4v) is 8.72. The number of likely N-dealkylation sites (N-methyl/N-ethyl adjacent to an activating group) is 1. The molecule has 3 nitrogen and oxygen atoms in total. The number of likely N-dealkylation sites (tertiary alicyclic amines) is 1. The predicted molar refractivity (Wildman–Crippen MR) is 130 cm³/mol. The zero-order chi connectivity index (χ0) is 23.0. The number of carbonyl (C=O) groups is 1. The molecule has 1 aliphatic heterocycles. The van der Waals surface area contributed by atoms with Crippen LogP contribution < -0.4 is 0 Å². The molecule has 1 aromatic rings. The predicted octanol–water partition coefficient (Wildman–Crippen LogP) is 5.29. The molecule has 174 valence electrons. The lowest BCUT2D eigenvalue weighted by molar-refractivity contribution is -0.928. The number of aliphatic hydroxyl groups excluding tert-OH is 1. The van der Waals surface area contributed by atoms with Crippen LogP contribution in [-0.2, 0) is 11.2 Å². The van der Waals surface area contributed by atoms with Crippen LogP contribution in [0.2, 0.25) is 0 Å². The summed E-state index contributed by atoms with van der Waals surface area (Å²) in [5, 5.41) is 11.1. The van der Waals surface area contributed by atoms with Gasteiger partial charge in [-0.15, -0.1) is 0 Å². The number of aliphatic hydroxyl groups is 1. The fourth-order valence-electron chi connectivity index (χ4n) is 8.72. The molecule has 1 saturated heterocycles. The number of benzene rings is 1. The van der Waals surface area contributed by atoms with Gasteiger partial charge in [-0.25, -0.2) is 0 Å². The van der Waals surface area contributed by atoms with Crippen molar-refractivity contribution in [1.82, 2.24) is 0 Å². The van der Waals surface area contributed by atoms with E-state index in [1.165, 1.54) is 23.1 Å². The van der Waals surface area contributed by atoms with E-state index in [2.05, 4.69) is 53.9 Å². The summed E-state index contributed by atoms with van der Waals surface area (Å²) >= 11 is 0. The van der Waals surface area contributed by atoms with Gasteiger partial charge < -0.3 is 9.59 Å². The van der Waals surface area contributed by atoms with Gasteiger partial charge in [-0.05, 0) is 84.6 Å². The lowest BCUT2D eigenvalue weighted by Gasteiger charge is -2.49. The van der Waals surface area contributed by atoms with Gasteiger partial charge in [0.05, 0.1) is 20.6 Å². The minimum atomic E-state index is -0.245. The molecule has 0 unspecified atom stereocenters. The highest BCUT2D eigenvalue weighted by atomic mass is 16.3. The third-order valence-electron chi connectivity index (χ3n) is 10.1. The second kappa shape index (κ2) is 7.53. The SMILES string of the molecule is Cc1c([C@H](C)[C@H]2[C@H](O)C[C@H](C)C[N+]2(C)C)ccc2c1C[C@H]1[C@H]2CCC2=CC(=O)CC[C@@]21C. The maximum atomic E-state index is 12.1. The van der Waals surface area contributed by atoms with Crippen LogP contribution in [0, 0.1) is 24.2 Å². The second-order valence-electron chi connectivity index (χ2n) is 12.5. The van der Waals surface area contributed by atoms with Crippen molar-refractivity contribution in [3.63, 3.8) is 0 Å². The fraction of sp³-hybridized carbons (Fsp3) is 0.690. The molecule has 7 atom stereocenters. The van der Waals surface area contributed by atoms with Gasteiger partial charge in [-0.2, -0.15) is 0 Å². The lowest BCUT2D eigenvalue weighted by Crippen LogP contribution is -2.62. The molecule has 0 amide bonds. The van der Waals surface area contributed by atoms with Crippen molar-refractivity contribution in [2.45, 2.75) is 90.2 Å². The van der Waals surface area contributed by atoms with E-state index in [9.17, 15) is 9.90 Å². The molecule has 2 fully saturated rings. The van der Waals surface area contributed by atoms with Crippen LogP contribution in [0.25, 0.3) is 0 Å². The normalized spacial score (nSPS) is 39.0. The molecule has 32 heavy (non-hydrogen) atoms. The van der Waals surface area contributed by atoms with E-state index < -0.39 is 0 Å². The van der Waals surface area contributed by atoms with Gasteiger partial charge in [-0.1, -0.05) is 38.5 Å². The van der Waals surface area contributed by atoms with E-state index in [0.29, 0.717) is 35.9 Å². The van der Waals surface area contributed by atoms with Crippen LogP contribution in [0.15, 0.2) is 23.8 Å². The summed E-state index contributed by atoms with van der Waals surface area (Å²) in [5.41, 5.74) is 7.67. The summed E-state index contributed by atoms with van der Waals surface area (Å²) < 4.78 is 0.894. The number of fused-ring (bicyclic) bond motifs is 5. The van der Waals surface area contributed by atoms with Crippen molar-refractivity contribution < 1.29 is 14.4 Å². The number of quaternary nitrogens is 1. The zero-order valence-corrected chi connectivity index (χ0v) is 20.9. The van der Waals surface area contributed by atoms with Crippen molar-refractivity contribution in [1.29, 1.82) is 0 Å². The van der Waals surface area contributed by atoms with Crippen molar-refractivity contribution in [3.8, 4) is 0 Å². The number of carbonyl (C=O) groups excluding carboxylic acids is 1. The molecule has 3 heteroatoms. The van der Waals surface area contributed by atoms with Gasteiger partial charge in [0, 0.05) is 18.3 Å². The second-order valence-corrected chi connectivity index (χ2v) is 12.5. The van der Waals surface area contributed by atoms with Crippen molar-refractivity contribution in [2.24, 2.45) is 17.3 Å². The zero-order valence-electron chi connectivity index (χ0n) is 20.9. The first-order valence-electron chi connectivity index (χ1n) is 12.9. The molecule has 1 N–H and O–H groups in total. The van der Waals surface area contributed by atoms with E-state index in [-0.39, 0.29) is 17.6 Å². The van der Waals surface area contributed by atoms with Crippen molar-refractivity contribution in [3.05, 3.63) is 46.0 Å². The molecular formula is C29H42NO2+. The molecule has 3 aliphatic carbocycles. The highest BCUT2D eigenvalue weighted by Crippen LogP contribution is 2.60. The van der Waals surface area contributed by atoms with Gasteiger partial charge in [0.2, 0.25) is 0 Å². The average molecular weight is 437 g/mol. The third-order valence-corrected chi connectivity index (χ3v) is 10.1. The first-order chi connectivity index (χ1) is 15.0. The Kier molecular flexibility index (Phi) is 5.26. The largest absolute Gasteiger partial charge is 0.387 e. The van der Waals surface area contributed by atoms with Crippen LogP contribution in [0.3, 0.4) is 0 Å². The number of allylic oxidation sites excluding steroid dienone is 2. The Morgan fingerprint density at radius 1 is 1.22 bits per heavy atom. The number of hydrogen-bond donors (Lipinski definition) is 1. The monoisotopic (exact) mass is 436 g/mol. The van der Waals surface area contributed by atoms with E-state index in [1.807, 2.05) is 6.08 Å². The Bertz CT molecular complexity index is 976. The summed E-state index contributed by atoms with van der Waals surface area (Å²) in [6, 6.07) is 5.07. The topological polar surface area (TPSA) is 37.3 Å². The van der Waals surface area contributed by atoms with Gasteiger partial charge in [0.15, 0.2) is 5.78 Å². The van der Waals surface area contributed by atoms with E-state index in [1.54, 1.807) is 11.1 Å². The molecule has 1 heterocycles. The average Bonchev–Trinajstić information content (AvgIpc) is 3.08. The molecule has 5 rings (SSSR count).